The third-order valence-electron chi connectivity index (χ3n) is 5.04. The van der Waals surface area contributed by atoms with Crippen molar-refractivity contribution in [3.63, 3.8) is 0 Å². The summed E-state index contributed by atoms with van der Waals surface area (Å²) in [5.74, 6) is 0.859. The lowest BCUT2D eigenvalue weighted by molar-refractivity contribution is 0.414. The van der Waals surface area contributed by atoms with Gasteiger partial charge in [0.1, 0.15) is 5.75 Å². The molecule has 0 heterocycles. The minimum Gasteiger partial charge on any atom is -0.497 e. The zero-order chi connectivity index (χ0) is 17.3. The average molecular weight is 324 g/mol. The van der Waals surface area contributed by atoms with Crippen LogP contribution in [-0.4, -0.2) is 7.11 Å². The standard InChI is InChI=1S/C24H20O/c1-18-12-13-19-8-6-7-11-23(19)24(18,20-9-4-3-5-10-20)21-14-16-22(25-2)17-15-21/h3-17H,1H2,2H3/t24-/m1/s1. The van der Waals surface area contributed by atoms with Gasteiger partial charge in [-0.1, -0.05) is 85.5 Å². The van der Waals surface area contributed by atoms with Gasteiger partial charge in [0.15, 0.2) is 0 Å². The van der Waals surface area contributed by atoms with Gasteiger partial charge in [-0.05, 0) is 40.0 Å². The highest BCUT2D eigenvalue weighted by atomic mass is 16.5. The molecule has 0 fully saturated rings. The Morgan fingerprint density at radius 2 is 1.36 bits per heavy atom. The molecule has 1 aliphatic rings. The zero-order valence-corrected chi connectivity index (χ0v) is 14.3. The van der Waals surface area contributed by atoms with E-state index in [1.165, 1.54) is 22.3 Å². The number of fused-ring (bicyclic) bond motifs is 1. The fraction of sp³-hybridized carbons (Fsp3) is 0.0833. The fourth-order valence-electron chi connectivity index (χ4n) is 3.85. The van der Waals surface area contributed by atoms with Gasteiger partial charge in [0.25, 0.3) is 0 Å². The van der Waals surface area contributed by atoms with Crippen LogP contribution in [0.2, 0.25) is 0 Å². The molecule has 0 N–H and O–H groups in total. The molecule has 4 rings (SSSR count). The Hall–Kier alpha value is -3.06. The molecule has 0 aliphatic heterocycles. The van der Waals surface area contributed by atoms with E-state index in [0.29, 0.717) is 0 Å². The molecule has 25 heavy (non-hydrogen) atoms. The quantitative estimate of drug-likeness (QED) is 0.608. The number of benzene rings is 3. The molecule has 0 aromatic heterocycles. The van der Waals surface area contributed by atoms with Crippen LogP contribution in [0, 0.1) is 0 Å². The largest absolute Gasteiger partial charge is 0.497 e. The molecular formula is C24H20O. The zero-order valence-electron chi connectivity index (χ0n) is 14.3. The highest BCUT2D eigenvalue weighted by molar-refractivity contribution is 5.73. The third kappa shape index (κ3) is 2.32. The summed E-state index contributed by atoms with van der Waals surface area (Å²) < 4.78 is 5.36. The lowest BCUT2D eigenvalue weighted by atomic mass is 9.62. The van der Waals surface area contributed by atoms with Crippen molar-refractivity contribution in [1.29, 1.82) is 0 Å². The van der Waals surface area contributed by atoms with Gasteiger partial charge in [-0.2, -0.15) is 0 Å². The molecule has 0 amide bonds. The monoisotopic (exact) mass is 324 g/mol. The molecule has 122 valence electrons. The number of allylic oxidation sites excluding steroid dienone is 2. The summed E-state index contributed by atoms with van der Waals surface area (Å²) in [6, 6.07) is 27.5. The van der Waals surface area contributed by atoms with E-state index >= 15 is 0 Å². The lowest BCUT2D eigenvalue weighted by Gasteiger charge is -2.40. The van der Waals surface area contributed by atoms with Crippen LogP contribution >= 0.6 is 0 Å². The second-order valence-corrected chi connectivity index (χ2v) is 6.29. The Labute approximate surface area is 148 Å². The van der Waals surface area contributed by atoms with Crippen molar-refractivity contribution in [1.82, 2.24) is 0 Å². The van der Waals surface area contributed by atoms with E-state index in [1.807, 2.05) is 12.1 Å². The molecule has 3 aromatic carbocycles. The van der Waals surface area contributed by atoms with Crippen LogP contribution in [0.4, 0.5) is 0 Å². The first-order valence-electron chi connectivity index (χ1n) is 8.44. The summed E-state index contributed by atoms with van der Waals surface area (Å²) in [5.41, 5.74) is 5.60. The Morgan fingerprint density at radius 3 is 2.08 bits per heavy atom. The van der Waals surface area contributed by atoms with E-state index in [4.69, 9.17) is 4.74 Å². The van der Waals surface area contributed by atoms with E-state index in [2.05, 4.69) is 85.5 Å². The van der Waals surface area contributed by atoms with Crippen molar-refractivity contribution in [2.24, 2.45) is 0 Å². The normalized spacial score (nSPS) is 18.7. The number of hydrogen-bond acceptors (Lipinski definition) is 1. The van der Waals surface area contributed by atoms with Gasteiger partial charge in [0, 0.05) is 0 Å². The number of hydrogen-bond donors (Lipinski definition) is 0. The molecule has 0 saturated carbocycles. The molecular weight excluding hydrogens is 304 g/mol. The molecule has 3 aromatic rings. The summed E-state index contributed by atoms with van der Waals surface area (Å²) in [7, 11) is 1.69. The smallest absolute Gasteiger partial charge is 0.118 e. The predicted molar refractivity (Wildman–Crippen MR) is 104 cm³/mol. The summed E-state index contributed by atoms with van der Waals surface area (Å²) in [6.45, 7) is 4.44. The van der Waals surface area contributed by atoms with Crippen molar-refractivity contribution in [2.45, 2.75) is 5.41 Å². The van der Waals surface area contributed by atoms with Gasteiger partial charge in [0.2, 0.25) is 0 Å². The van der Waals surface area contributed by atoms with Crippen molar-refractivity contribution in [3.05, 3.63) is 119 Å². The number of methoxy groups -OCH3 is 1. The molecule has 1 heteroatoms. The first-order valence-corrected chi connectivity index (χ1v) is 8.44. The maximum Gasteiger partial charge on any atom is 0.118 e. The maximum absolute atomic E-state index is 5.36. The van der Waals surface area contributed by atoms with Gasteiger partial charge in [-0.15, -0.1) is 0 Å². The molecule has 1 atom stereocenters. The predicted octanol–water partition coefficient (Wildman–Crippen LogP) is 5.61. The highest BCUT2D eigenvalue weighted by Gasteiger charge is 2.40. The van der Waals surface area contributed by atoms with Crippen LogP contribution in [-0.2, 0) is 5.41 Å². The van der Waals surface area contributed by atoms with Gasteiger partial charge in [0.05, 0.1) is 12.5 Å². The third-order valence-corrected chi connectivity index (χ3v) is 5.04. The Kier molecular flexibility index (Phi) is 3.77. The second kappa shape index (κ2) is 6.10. The van der Waals surface area contributed by atoms with Crippen molar-refractivity contribution in [3.8, 4) is 5.75 Å². The van der Waals surface area contributed by atoms with Crippen LogP contribution in [0.5, 0.6) is 5.75 Å². The molecule has 0 saturated heterocycles. The Balaban J connectivity index is 2.06. The minimum absolute atomic E-state index is 0.390. The topological polar surface area (TPSA) is 9.23 Å². The van der Waals surface area contributed by atoms with Crippen LogP contribution in [0.3, 0.4) is 0 Å². The van der Waals surface area contributed by atoms with E-state index < -0.39 is 5.41 Å². The Morgan fingerprint density at radius 1 is 0.720 bits per heavy atom. The lowest BCUT2D eigenvalue weighted by Crippen LogP contribution is -2.33. The molecule has 0 radical (unpaired) electrons. The fourth-order valence-corrected chi connectivity index (χ4v) is 3.85. The van der Waals surface area contributed by atoms with Crippen LogP contribution < -0.4 is 4.74 Å². The average Bonchev–Trinajstić information content (AvgIpc) is 2.69. The molecule has 1 aliphatic carbocycles. The van der Waals surface area contributed by atoms with Gasteiger partial charge < -0.3 is 4.74 Å². The number of ether oxygens (including phenoxy) is 1. The summed E-state index contributed by atoms with van der Waals surface area (Å²) in [4.78, 5) is 0. The SMILES string of the molecule is C=C1C=Cc2ccccc2[C@]1(c1ccccc1)c1ccc(OC)cc1. The van der Waals surface area contributed by atoms with Crippen LogP contribution in [0.1, 0.15) is 22.3 Å². The Bertz CT molecular complexity index is 935. The van der Waals surface area contributed by atoms with Crippen LogP contribution in [0.25, 0.3) is 6.08 Å². The van der Waals surface area contributed by atoms with Crippen LogP contribution in [0.15, 0.2) is 97.1 Å². The summed E-state index contributed by atoms with van der Waals surface area (Å²) in [5, 5.41) is 0. The van der Waals surface area contributed by atoms with E-state index in [0.717, 1.165) is 11.3 Å². The summed E-state index contributed by atoms with van der Waals surface area (Å²) in [6.07, 6.45) is 4.29. The molecule has 0 bridgehead atoms. The number of rotatable bonds is 3. The van der Waals surface area contributed by atoms with E-state index in [-0.39, 0.29) is 0 Å². The summed E-state index contributed by atoms with van der Waals surface area (Å²) >= 11 is 0. The van der Waals surface area contributed by atoms with Crippen molar-refractivity contribution < 1.29 is 4.74 Å². The van der Waals surface area contributed by atoms with Gasteiger partial charge in [-0.3, -0.25) is 0 Å². The highest BCUT2D eigenvalue weighted by Crippen LogP contribution is 2.49. The van der Waals surface area contributed by atoms with Gasteiger partial charge >= 0.3 is 0 Å². The molecule has 0 unspecified atom stereocenters. The van der Waals surface area contributed by atoms with Crippen molar-refractivity contribution >= 4 is 6.08 Å². The maximum atomic E-state index is 5.36. The first kappa shape index (κ1) is 15.5. The second-order valence-electron chi connectivity index (χ2n) is 6.29. The van der Waals surface area contributed by atoms with E-state index in [9.17, 15) is 0 Å². The van der Waals surface area contributed by atoms with E-state index in [1.54, 1.807) is 7.11 Å². The minimum atomic E-state index is -0.390. The first-order chi connectivity index (χ1) is 12.3. The van der Waals surface area contributed by atoms with Crippen molar-refractivity contribution in [2.75, 3.05) is 7.11 Å². The van der Waals surface area contributed by atoms with Gasteiger partial charge in [-0.25, -0.2) is 0 Å². The molecule has 0 spiro atoms. The molecule has 1 nitrogen and oxygen atoms in total.